The first kappa shape index (κ1) is 18.4. The summed E-state index contributed by atoms with van der Waals surface area (Å²) in [7, 11) is 0. The topological polar surface area (TPSA) is 29.1 Å². The summed E-state index contributed by atoms with van der Waals surface area (Å²) in [5.41, 5.74) is 3.33. The largest absolute Gasteiger partial charge is 0.307 e. The van der Waals surface area contributed by atoms with Crippen LogP contribution in [0.25, 0.3) is 0 Å². The molecule has 22 heavy (non-hydrogen) atoms. The minimum Gasteiger partial charge on any atom is -0.307 e. The lowest BCUT2D eigenvalue weighted by Gasteiger charge is -2.13. The summed E-state index contributed by atoms with van der Waals surface area (Å²) in [4.78, 5) is 12.1. The van der Waals surface area contributed by atoms with Crippen molar-refractivity contribution >= 4 is 18.2 Å². The molecular formula is C19H24ClNO. The number of aryl methyl sites for hydroxylation is 1. The van der Waals surface area contributed by atoms with Crippen LogP contribution >= 0.6 is 12.4 Å². The van der Waals surface area contributed by atoms with Crippen LogP contribution < -0.4 is 5.32 Å². The molecule has 3 heteroatoms. The van der Waals surface area contributed by atoms with Gasteiger partial charge in [-0.05, 0) is 30.9 Å². The Kier molecular flexibility index (Phi) is 7.86. The lowest BCUT2D eigenvalue weighted by molar-refractivity contribution is 0.0988. The van der Waals surface area contributed by atoms with Gasteiger partial charge >= 0.3 is 0 Å². The highest BCUT2D eigenvalue weighted by atomic mass is 35.5. The number of benzene rings is 2. The van der Waals surface area contributed by atoms with Gasteiger partial charge in [0, 0.05) is 11.6 Å². The van der Waals surface area contributed by atoms with Gasteiger partial charge < -0.3 is 5.32 Å². The maximum Gasteiger partial charge on any atom is 0.176 e. The molecule has 118 valence electrons. The number of halogens is 1. The maximum atomic E-state index is 12.1. The Morgan fingerprint density at radius 1 is 1.00 bits per heavy atom. The van der Waals surface area contributed by atoms with E-state index in [1.165, 1.54) is 11.1 Å². The fraction of sp³-hybridized carbons (Fsp3) is 0.316. The van der Waals surface area contributed by atoms with Gasteiger partial charge in [-0.3, -0.25) is 4.79 Å². The molecule has 0 heterocycles. The van der Waals surface area contributed by atoms with E-state index in [9.17, 15) is 4.79 Å². The summed E-state index contributed by atoms with van der Waals surface area (Å²) in [5.74, 6) is 0.151. The Balaban J connectivity index is 0.00000242. The van der Waals surface area contributed by atoms with Crippen molar-refractivity contribution in [3.05, 3.63) is 71.3 Å². The molecule has 0 saturated heterocycles. The van der Waals surface area contributed by atoms with Crippen molar-refractivity contribution < 1.29 is 4.79 Å². The van der Waals surface area contributed by atoms with Gasteiger partial charge in [0.2, 0.25) is 0 Å². The van der Waals surface area contributed by atoms with Crippen molar-refractivity contribution in [2.24, 2.45) is 0 Å². The van der Waals surface area contributed by atoms with Crippen molar-refractivity contribution in [3.63, 3.8) is 0 Å². The molecule has 2 nitrogen and oxygen atoms in total. The number of ketones is 1. The standard InChI is InChI=1S/C19H23NO.ClH/c1-3-16-9-11-18(12-10-16)19(21)14-20-15(2)13-17-7-5-4-6-8-17;/h4-12,15,20H,3,13-14H2,1-2H3;1H/t15-;/m0./s1. The van der Waals surface area contributed by atoms with E-state index in [1.807, 2.05) is 42.5 Å². The second kappa shape index (κ2) is 9.39. The minimum atomic E-state index is 0. The molecule has 1 atom stereocenters. The second-order valence-electron chi connectivity index (χ2n) is 5.45. The number of hydrogen-bond acceptors (Lipinski definition) is 2. The van der Waals surface area contributed by atoms with Crippen LogP contribution in [0.1, 0.15) is 35.3 Å². The number of hydrogen-bond donors (Lipinski definition) is 1. The number of carbonyl (C=O) groups is 1. The Labute approximate surface area is 139 Å². The van der Waals surface area contributed by atoms with E-state index in [4.69, 9.17) is 0 Å². The van der Waals surface area contributed by atoms with E-state index in [0.29, 0.717) is 6.54 Å². The second-order valence-corrected chi connectivity index (χ2v) is 5.45. The molecule has 0 bridgehead atoms. The minimum absolute atomic E-state index is 0. The molecule has 2 aromatic rings. The fourth-order valence-electron chi connectivity index (χ4n) is 2.34. The van der Waals surface area contributed by atoms with Crippen LogP contribution in [0.3, 0.4) is 0 Å². The lowest BCUT2D eigenvalue weighted by atomic mass is 10.1. The van der Waals surface area contributed by atoms with Gasteiger partial charge in [0.15, 0.2) is 5.78 Å². The highest BCUT2D eigenvalue weighted by Crippen LogP contribution is 2.06. The third-order valence-electron chi connectivity index (χ3n) is 3.68. The van der Waals surface area contributed by atoms with Gasteiger partial charge in [0.05, 0.1) is 6.54 Å². The SMILES string of the molecule is CCc1ccc(C(=O)CN[C@@H](C)Cc2ccccc2)cc1.Cl. The van der Waals surface area contributed by atoms with Gasteiger partial charge in [-0.1, -0.05) is 61.5 Å². The Bertz CT molecular complexity index is 566. The Hall–Kier alpha value is -1.64. The molecule has 0 unspecified atom stereocenters. The monoisotopic (exact) mass is 317 g/mol. The summed E-state index contributed by atoms with van der Waals surface area (Å²) in [6, 6.07) is 18.5. The maximum absolute atomic E-state index is 12.1. The van der Waals surface area contributed by atoms with Crippen molar-refractivity contribution in [2.75, 3.05) is 6.54 Å². The number of carbonyl (C=O) groups excluding carboxylic acids is 1. The zero-order valence-electron chi connectivity index (χ0n) is 13.2. The molecule has 0 aliphatic carbocycles. The van der Waals surface area contributed by atoms with Crippen LogP contribution in [0, 0.1) is 0 Å². The van der Waals surface area contributed by atoms with Crippen LogP contribution in [-0.2, 0) is 12.8 Å². The van der Waals surface area contributed by atoms with Crippen LogP contribution in [-0.4, -0.2) is 18.4 Å². The number of Topliss-reactive ketones (excluding diaryl/α,β-unsaturated/α-hetero) is 1. The average Bonchev–Trinajstić information content (AvgIpc) is 2.53. The first-order valence-electron chi connectivity index (χ1n) is 7.58. The average molecular weight is 318 g/mol. The summed E-state index contributed by atoms with van der Waals surface area (Å²) in [5, 5.41) is 3.31. The predicted molar refractivity (Wildman–Crippen MR) is 95.0 cm³/mol. The smallest absolute Gasteiger partial charge is 0.176 e. The molecule has 0 aliphatic rings. The predicted octanol–water partition coefficient (Wildman–Crippen LogP) is 4.07. The molecule has 2 rings (SSSR count). The molecule has 1 N–H and O–H groups in total. The molecule has 0 radical (unpaired) electrons. The molecule has 0 saturated carbocycles. The Morgan fingerprint density at radius 3 is 2.23 bits per heavy atom. The van der Waals surface area contributed by atoms with Crippen LogP contribution in [0.2, 0.25) is 0 Å². The first-order valence-corrected chi connectivity index (χ1v) is 7.58. The van der Waals surface area contributed by atoms with Crippen molar-refractivity contribution in [3.8, 4) is 0 Å². The normalized spacial score (nSPS) is 11.5. The van der Waals surface area contributed by atoms with Gasteiger partial charge in [-0.15, -0.1) is 12.4 Å². The van der Waals surface area contributed by atoms with Gasteiger partial charge in [0.25, 0.3) is 0 Å². The third-order valence-corrected chi connectivity index (χ3v) is 3.68. The highest BCUT2D eigenvalue weighted by molar-refractivity contribution is 5.97. The van der Waals surface area contributed by atoms with E-state index >= 15 is 0 Å². The molecular weight excluding hydrogens is 294 g/mol. The van der Waals surface area contributed by atoms with Crippen molar-refractivity contribution in [2.45, 2.75) is 32.7 Å². The summed E-state index contributed by atoms with van der Waals surface area (Å²) < 4.78 is 0. The van der Waals surface area contributed by atoms with Crippen LogP contribution in [0.4, 0.5) is 0 Å². The van der Waals surface area contributed by atoms with E-state index < -0.39 is 0 Å². The lowest BCUT2D eigenvalue weighted by Crippen LogP contribution is -2.33. The summed E-state index contributed by atoms with van der Waals surface area (Å²) >= 11 is 0. The number of rotatable bonds is 7. The molecule has 0 fully saturated rings. The molecule has 0 spiro atoms. The molecule has 0 aliphatic heterocycles. The van der Waals surface area contributed by atoms with E-state index in [1.54, 1.807) is 0 Å². The van der Waals surface area contributed by atoms with Crippen molar-refractivity contribution in [1.82, 2.24) is 5.32 Å². The zero-order valence-corrected chi connectivity index (χ0v) is 14.0. The van der Waals surface area contributed by atoms with Gasteiger partial charge in [-0.25, -0.2) is 0 Å². The fourth-order valence-corrected chi connectivity index (χ4v) is 2.34. The quantitative estimate of drug-likeness (QED) is 0.780. The Morgan fingerprint density at radius 2 is 1.64 bits per heavy atom. The van der Waals surface area contributed by atoms with Gasteiger partial charge in [0.1, 0.15) is 0 Å². The van der Waals surface area contributed by atoms with E-state index in [0.717, 1.165) is 18.4 Å². The van der Waals surface area contributed by atoms with Crippen molar-refractivity contribution in [1.29, 1.82) is 0 Å². The highest BCUT2D eigenvalue weighted by Gasteiger charge is 2.08. The van der Waals surface area contributed by atoms with Crippen LogP contribution in [0.5, 0.6) is 0 Å². The van der Waals surface area contributed by atoms with Gasteiger partial charge in [-0.2, -0.15) is 0 Å². The molecule has 0 amide bonds. The summed E-state index contributed by atoms with van der Waals surface area (Å²) in [6.45, 7) is 4.61. The van der Waals surface area contributed by atoms with Crippen LogP contribution in [0.15, 0.2) is 54.6 Å². The third kappa shape index (κ3) is 5.63. The number of nitrogens with one attached hydrogen (secondary N) is 1. The van der Waals surface area contributed by atoms with E-state index in [2.05, 4.69) is 31.3 Å². The zero-order chi connectivity index (χ0) is 15.1. The molecule has 2 aromatic carbocycles. The molecule has 0 aromatic heterocycles. The first-order chi connectivity index (χ1) is 10.2. The summed E-state index contributed by atoms with van der Waals surface area (Å²) in [6.07, 6.45) is 1.93. The van der Waals surface area contributed by atoms with E-state index in [-0.39, 0.29) is 24.2 Å².